The summed E-state index contributed by atoms with van der Waals surface area (Å²) >= 11 is 5.71. The van der Waals surface area contributed by atoms with Crippen LogP contribution in [0.2, 0.25) is 5.02 Å². The largest absolute Gasteiger partial charge is 0.418 e. The van der Waals surface area contributed by atoms with E-state index in [1.54, 1.807) is 0 Å². The van der Waals surface area contributed by atoms with Crippen LogP contribution in [0, 0.1) is 5.82 Å². The molecule has 9 heteroatoms. The fraction of sp³-hybridized carbons (Fsp3) is 0.333. The molecule has 3 atom stereocenters. The van der Waals surface area contributed by atoms with Gasteiger partial charge >= 0.3 is 6.18 Å². The van der Waals surface area contributed by atoms with Gasteiger partial charge in [-0.3, -0.25) is 0 Å². The maximum Gasteiger partial charge on any atom is 0.418 e. The Morgan fingerprint density at radius 1 is 1.12 bits per heavy atom. The average Bonchev–Trinajstić information content (AvgIpc) is 2.83. The van der Waals surface area contributed by atoms with Crippen molar-refractivity contribution in [2.75, 3.05) is 0 Å². The first-order chi connectivity index (χ1) is 11.1. The van der Waals surface area contributed by atoms with Gasteiger partial charge in [0, 0.05) is 16.3 Å². The van der Waals surface area contributed by atoms with E-state index in [2.05, 4.69) is 0 Å². The van der Waals surface area contributed by atoms with Crippen LogP contribution < -0.4 is 0 Å². The third-order valence-electron chi connectivity index (χ3n) is 3.89. The summed E-state index contributed by atoms with van der Waals surface area (Å²) in [6, 6.07) is 3.72. The third-order valence-corrected chi connectivity index (χ3v) is 4.10. The number of benzene rings is 1. The molecule has 0 saturated carbocycles. The van der Waals surface area contributed by atoms with Crippen molar-refractivity contribution in [3.05, 3.63) is 46.4 Å². The lowest BCUT2D eigenvalue weighted by molar-refractivity contribution is -0.140. The van der Waals surface area contributed by atoms with E-state index >= 15 is 0 Å². The summed E-state index contributed by atoms with van der Waals surface area (Å²) in [6.45, 7) is -0.729. The zero-order valence-corrected chi connectivity index (χ0v) is 12.5. The highest BCUT2D eigenvalue weighted by molar-refractivity contribution is 6.30. The topological polar surface area (TPSA) is 25.2 Å². The summed E-state index contributed by atoms with van der Waals surface area (Å²) in [6.07, 6.45) is -11.8. The summed E-state index contributed by atoms with van der Waals surface area (Å²) in [4.78, 5) is 0. The molecule has 0 saturated heterocycles. The lowest BCUT2D eigenvalue weighted by Gasteiger charge is -2.30. The molecule has 2 aromatic rings. The zero-order chi connectivity index (χ0) is 17.8. The van der Waals surface area contributed by atoms with E-state index in [4.69, 9.17) is 11.6 Å². The van der Waals surface area contributed by atoms with Gasteiger partial charge in [0.1, 0.15) is 11.9 Å². The minimum Gasteiger partial charge on any atom is -0.384 e. The number of halogens is 7. The van der Waals surface area contributed by atoms with Crippen LogP contribution in [0.25, 0.3) is 11.3 Å². The number of aliphatic hydroxyl groups is 1. The predicted octanol–water partition coefficient (Wildman–Crippen LogP) is 4.69. The van der Waals surface area contributed by atoms with Crippen molar-refractivity contribution in [1.82, 2.24) is 4.57 Å². The molecule has 0 fully saturated rings. The molecule has 2 nitrogen and oxygen atoms in total. The Kier molecular flexibility index (Phi) is 4.08. The second kappa shape index (κ2) is 5.70. The number of alkyl halides is 5. The van der Waals surface area contributed by atoms with Gasteiger partial charge in [0.25, 0.3) is 0 Å². The number of nitrogens with zero attached hydrogens (tertiary/aromatic N) is 1. The van der Waals surface area contributed by atoms with Crippen LogP contribution in [0.5, 0.6) is 0 Å². The number of hydrogen-bond donors (Lipinski definition) is 1. The maximum absolute atomic E-state index is 13.7. The fourth-order valence-corrected chi connectivity index (χ4v) is 3.09. The molecule has 1 aromatic carbocycles. The van der Waals surface area contributed by atoms with Gasteiger partial charge in [-0.1, -0.05) is 11.6 Å². The highest BCUT2D eigenvalue weighted by Crippen LogP contribution is 2.44. The standard InChI is InChI=1S/C15H10ClF6NO/c16-7-1-6(2-8(17)3-7)11-4-9(15(20,21)22)13-14(24)12(19)10(18)5-23(11)13/h1-4,10,12,14,24H,5H2. The van der Waals surface area contributed by atoms with Gasteiger partial charge in [0.15, 0.2) is 12.3 Å². The van der Waals surface area contributed by atoms with Gasteiger partial charge < -0.3 is 9.67 Å². The summed E-state index contributed by atoms with van der Waals surface area (Å²) in [5, 5.41) is 9.71. The van der Waals surface area contributed by atoms with Gasteiger partial charge in [-0.25, -0.2) is 13.2 Å². The summed E-state index contributed by atoms with van der Waals surface area (Å²) < 4.78 is 81.4. The zero-order valence-electron chi connectivity index (χ0n) is 11.8. The number of fused-ring (bicyclic) bond motifs is 1. The molecule has 0 bridgehead atoms. The molecule has 1 aliphatic heterocycles. The summed E-state index contributed by atoms with van der Waals surface area (Å²) in [7, 11) is 0. The Hall–Kier alpha value is -1.67. The molecule has 2 heterocycles. The monoisotopic (exact) mass is 369 g/mol. The van der Waals surface area contributed by atoms with Crippen LogP contribution in [0.15, 0.2) is 24.3 Å². The van der Waals surface area contributed by atoms with Crippen molar-refractivity contribution >= 4 is 11.6 Å². The molecule has 1 N–H and O–H groups in total. The fourth-order valence-electron chi connectivity index (χ4n) is 2.87. The number of hydrogen-bond acceptors (Lipinski definition) is 1. The molecule has 3 unspecified atom stereocenters. The average molecular weight is 370 g/mol. The Bertz CT molecular complexity index is 767. The second-order valence-corrected chi connectivity index (χ2v) is 5.94. The molecule has 1 aromatic heterocycles. The SMILES string of the molecule is OC1c2c(C(F)(F)F)cc(-c3cc(F)cc(Cl)c3)n2CC(F)C1F. The van der Waals surface area contributed by atoms with Crippen molar-refractivity contribution in [3.63, 3.8) is 0 Å². The number of aromatic nitrogens is 1. The molecule has 0 radical (unpaired) electrons. The maximum atomic E-state index is 13.7. The molecule has 130 valence electrons. The van der Waals surface area contributed by atoms with E-state index in [-0.39, 0.29) is 16.3 Å². The van der Waals surface area contributed by atoms with Crippen LogP contribution in [0.1, 0.15) is 17.4 Å². The third kappa shape index (κ3) is 2.77. The highest BCUT2D eigenvalue weighted by atomic mass is 35.5. The lowest BCUT2D eigenvalue weighted by atomic mass is 10.0. The van der Waals surface area contributed by atoms with Gasteiger partial charge in [-0.05, 0) is 24.3 Å². The smallest absolute Gasteiger partial charge is 0.384 e. The Morgan fingerprint density at radius 3 is 2.38 bits per heavy atom. The van der Waals surface area contributed by atoms with E-state index < -0.39 is 48.2 Å². The molecular weight excluding hydrogens is 360 g/mol. The first-order valence-electron chi connectivity index (χ1n) is 6.83. The van der Waals surface area contributed by atoms with E-state index in [1.807, 2.05) is 0 Å². The van der Waals surface area contributed by atoms with Crippen molar-refractivity contribution in [2.24, 2.45) is 0 Å². The molecule has 3 rings (SSSR count). The molecule has 0 amide bonds. The molecule has 1 aliphatic rings. The van der Waals surface area contributed by atoms with Crippen LogP contribution in [-0.4, -0.2) is 22.0 Å². The Morgan fingerprint density at radius 2 is 1.79 bits per heavy atom. The van der Waals surface area contributed by atoms with E-state index in [0.29, 0.717) is 6.07 Å². The predicted molar refractivity (Wildman–Crippen MR) is 74.6 cm³/mol. The number of rotatable bonds is 1. The van der Waals surface area contributed by atoms with E-state index in [0.717, 1.165) is 16.7 Å². The number of aliphatic hydroxyl groups excluding tert-OH is 1. The van der Waals surface area contributed by atoms with Gasteiger partial charge in [-0.15, -0.1) is 0 Å². The minimum absolute atomic E-state index is 0.0338. The highest BCUT2D eigenvalue weighted by Gasteiger charge is 2.45. The van der Waals surface area contributed by atoms with Gasteiger partial charge in [0.2, 0.25) is 0 Å². The van der Waals surface area contributed by atoms with Gasteiger partial charge in [0.05, 0.1) is 17.8 Å². The normalized spacial score (nSPS) is 24.1. The van der Waals surface area contributed by atoms with Gasteiger partial charge in [-0.2, -0.15) is 13.2 Å². The molecule has 0 spiro atoms. The summed E-state index contributed by atoms with van der Waals surface area (Å²) in [5.41, 5.74) is -2.31. The van der Waals surface area contributed by atoms with Crippen molar-refractivity contribution in [3.8, 4) is 11.3 Å². The molecule has 24 heavy (non-hydrogen) atoms. The van der Waals surface area contributed by atoms with Crippen LogP contribution >= 0.6 is 11.6 Å². The first-order valence-corrected chi connectivity index (χ1v) is 7.20. The Balaban J connectivity index is 2.27. The quantitative estimate of drug-likeness (QED) is 0.725. The second-order valence-electron chi connectivity index (χ2n) is 5.50. The van der Waals surface area contributed by atoms with Crippen molar-refractivity contribution in [2.45, 2.75) is 31.2 Å². The van der Waals surface area contributed by atoms with Crippen molar-refractivity contribution in [1.29, 1.82) is 0 Å². The van der Waals surface area contributed by atoms with Crippen molar-refractivity contribution < 1.29 is 31.4 Å². The van der Waals surface area contributed by atoms with Crippen LogP contribution in [0.4, 0.5) is 26.3 Å². The van der Waals surface area contributed by atoms with E-state index in [9.17, 15) is 31.4 Å². The van der Waals surface area contributed by atoms with Crippen LogP contribution in [-0.2, 0) is 12.7 Å². The van der Waals surface area contributed by atoms with Crippen LogP contribution in [0.3, 0.4) is 0 Å². The molecule has 0 aliphatic carbocycles. The Labute approximate surface area is 137 Å². The molecular formula is C15H10ClF6NO. The van der Waals surface area contributed by atoms with E-state index in [1.165, 1.54) is 6.07 Å². The first kappa shape index (κ1) is 17.2. The summed E-state index contributed by atoms with van der Waals surface area (Å²) in [5.74, 6) is -0.793. The minimum atomic E-state index is -4.89. The lowest BCUT2D eigenvalue weighted by Crippen LogP contribution is -2.37.